The van der Waals surface area contributed by atoms with E-state index in [9.17, 15) is 4.79 Å². The number of pyridine rings is 1. The molecule has 0 spiro atoms. The van der Waals surface area contributed by atoms with Crippen molar-refractivity contribution < 1.29 is 34.4 Å². The number of fused-ring (bicyclic) bond motifs is 1. The first kappa shape index (κ1) is 32.2. The summed E-state index contributed by atoms with van der Waals surface area (Å²) in [4.78, 5) is 14.8. The first-order valence-corrected chi connectivity index (χ1v) is 13.0. The van der Waals surface area contributed by atoms with Gasteiger partial charge in [-0.3, -0.25) is 9.78 Å². The second-order valence-electron chi connectivity index (χ2n) is 12.2. The molecule has 4 rings (SSSR count). The summed E-state index contributed by atoms with van der Waals surface area (Å²) in [6.45, 7) is 20.5. The summed E-state index contributed by atoms with van der Waals surface area (Å²) >= 11 is 0. The van der Waals surface area contributed by atoms with Gasteiger partial charge in [0, 0.05) is 37.1 Å². The number of carbonyl (C=O) groups excluding carboxylic acids is 1. The number of ketones is 1. The molecule has 0 aliphatic carbocycles. The molecule has 0 fully saturated rings. The minimum absolute atomic E-state index is 0. The maximum Gasteiger partial charge on any atom is 0.217 e. The zero-order valence-electron chi connectivity index (χ0n) is 24.7. The molecule has 2 aromatic carbocycles. The first-order chi connectivity index (χ1) is 17.5. The number of nitrogens with zero attached hydrogens (tertiary/aromatic N) is 1. The average molecular weight is 703 g/mol. The Hall–Kier alpha value is -3.01. The van der Waals surface area contributed by atoms with Crippen LogP contribution in [0.5, 0.6) is 0 Å². The molecule has 0 aliphatic rings. The van der Waals surface area contributed by atoms with Crippen LogP contribution in [0.3, 0.4) is 0 Å². The number of benzene rings is 2. The van der Waals surface area contributed by atoms with Gasteiger partial charge in [0.15, 0.2) is 5.78 Å². The average Bonchev–Trinajstić information content (AvgIpc) is 3.20. The zero-order chi connectivity index (χ0) is 28.4. The smallest absolute Gasteiger partial charge is 0.217 e. The summed E-state index contributed by atoms with van der Waals surface area (Å²) in [5.74, 6) is 0.799. The third kappa shape index (κ3) is 8.74. The topological polar surface area (TPSA) is 63.3 Å². The van der Waals surface area contributed by atoms with E-state index in [2.05, 4.69) is 110 Å². The Balaban J connectivity index is 0.000000592. The van der Waals surface area contributed by atoms with Crippen LogP contribution in [0.2, 0.25) is 0 Å². The van der Waals surface area contributed by atoms with Crippen molar-refractivity contribution in [3.8, 4) is 22.6 Å². The second kappa shape index (κ2) is 12.4. The zero-order valence-corrected chi connectivity index (χ0v) is 27.1. The minimum atomic E-state index is -0.125. The van der Waals surface area contributed by atoms with Crippen molar-refractivity contribution in [1.29, 1.82) is 0 Å². The van der Waals surface area contributed by atoms with Gasteiger partial charge >= 0.3 is 0 Å². The fourth-order valence-electron chi connectivity index (χ4n) is 4.17. The molecule has 2 heterocycles. The molecule has 0 unspecified atom stereocenters. The molecule has 0 saturated heterocycles. The second-order valence-corrected chi connectivity index (χ2v) is 12.2. The number of aromatic nitrogens is 1. The van der Waals surface area contributed by atoms with Gasteiger partial charge in [-0.05, 0) is 59.7 Å². The predicted molar refractivity (Wildman–Crippen MR) is 158 cm³/mol. The predicted octanol–water partition coefficient (Wildman–Crippen LogP) is 9.21. The van der Waals surface area contributed by atoms with E-state index < -0.39 is 0 Å². The Kier molecular flexibility index (Phi) is 10.3. The molecule has 2 aromatic heterocycles. The Labute approximate surface area is 246 Å². The van der Waals surface area contributed by atoms with Crippen molar-refractivity contribution in [1.82, 2.24) is 4.98 Å². The van der Waals surface area contributed by atoms with Crippen LogP contribution < -0.4 is 0 Å². The Morgan fingerprint density at radius 2 is 1.49 bits per heavy atom. The van der Waals surface area contributed by atoms with Crippen molar-refractivity contribution >= 4 is 16.9 Å². The van der Waals surface area contributed by atoms with Gasteiger partial charge in [-0.25, -0.2) is 0 Å². The number of hydrogen-bond donors (Lipinski definition) is 1. The van der Waals surface area contributed by atoms with Gasteiger partial charge in [0.1, 0.15) is 5.76 Å². The summed E-state index contributed by atoms with van der Waals surface area (Å²) in [5.41, 5.74) is 8.74. The Morgan fingerprint density at radius 1 is 0.897 bits per heavy atom. The number of allylic oxidation sites excluding steroid dienone is 2. The maximum absolute atomic E-state index is 10.0. The van der Waals surface area contributed by atoms with Gasteiger partial charge in [0.2, 0.25) is 5.71 Å². The number of furan rings is 1. The van der Waals surface area contributed by atoms with E-state index >= 15 is 0 Å². The van der Waals surface area contributed by atoms with Crippen LogP contribution in [0.15, 0.2) is 64.8 Å². The van der Waals surface area contributed by atoms with Crippen LogP contribution in [0, 0.1) is 19.9 Å². The number of carbonyl (C=O) groups is 1. The summed E-state index contributed by atoms with van der Waals surface area (Å²) in [5, 5.41) is 9.38. The first-order valence-electron chi connectivity index (χ1n) is 13.0. The maximum atomic E-state index is 10.0. The Bertz CT molecular complexity index is 1440. The molecule has 209 valence electrons. The van der Waals surface area contributed by atoms with E-state index in [1.165, 1.54) is 36.6 Å². The molecule has 4 nitrogen and oxygen atoms in total. The van der Waals surface area contributed by atoms with Crippen LogP contribution in [-0.4, -0.2) is 15.9 Å². The molecule has 0 atom stereocenters. The van der Waals surface area contributed by atoms with Crippen LogP contribution in [0.25, 0.3) is 33.7 Å². The normalized spacial score (nSPS) is 12.0. The molecule has 39 heavy (non-hydrogen) atoms. The number of hydrogen-bond acceptors (Lipinski definition) is 4. The standard InChI is InChI=1S/C29H32NO.C5H8O2.Ir/c1-18-11-19(2)13-21(12-18)25-10-9-20-16-26(31-27(20)30-25)22-14-23(28(3,4)5)17-24(15-22)29(6,7)8;1-4(6)3-5(2)7;/h9-12,14-17H,1-8H3;3,6H,1-2H3;/q-1;;/b;4-3-;. The van der Waals surface area contributed by atoms with Crippen LogP contribution in [-0.2, 0) is 35.7 Å². The molecule has 1 N–H and O–H groups in total. The number of rotatable bonds is 3. The molecule has 4 aromatic rings. The van der Waals surface area contributed by atoms with E-state index in [4.69, 9.17) is 14.5 Å². The van der Waals surface area contributed by atoms with Crippen molar-refractivity contribution in [3.63, 3.8) is 0 Å². The molecular weight excluding hydrogens is 663 g/mol. The molecule has 0 saturated carbocycles. The van der Waals surface area contributed by atoms with E-state index in [1.807, 2.05) is 0 Å². The van der Waals surface area contributed by atoms with Gasteiger partial charge < -0.3 is 9.52 Å². The quantitative estimate of drug-likeness (QED) is 0.131. The number of aryl methyl sites for hydroxylation is 2. The van der Waals surface area contributed by atoms with Crippen LogP contribution in [0.1, 0.15) is 77.6 Å². The van der Waals surface area contributed by atoms with Crippen molar-refractivity contribution in [2.24, 2.45) is 0 Å². The fraction of sp³-hybridized carbons (Fsp3) is 0.353. The van der Waals surface area contributed by atoms with E-state index in [0.717, 1.165) is 33.5 Å². The number of aliphatic hydroxyl groups excluding tert-OH is 1. The van der Waals surface area contributed by atoms with Gasteiger partial charge in [-0.15, -0.1) is 34.9 Å². The summed E-state index contributed by atoms with van der Waals surface area (Å²) in [6, 6.07) is 20.7. The summed E-state index contributed by atoms with van der Waals surface area (Å²) < 4.78 is 6.29. The van der Waals surface area contributed by atoms with Crippen molar-refractivity contribution in [2.75, 3.05) is 0 Å². The Morgan fingerprint density at radius 3 is 1.95 bits per heavy atom. The van der Waals surface area contributed by atoms with Crippen molar-refractivity contribution in [2.45, 2.75) is 80.1 Å². The van der Waals surface area contributed by atoms with Crippen LogP contribution in [0.4, 0.5) is 0 Å². The molecule has 5 heteroatoms. The molecule has 0 aliphatic heterocycles. The van der Waals surface area contributed by atoms with Gasteiger partial charge in [-0.2, -0.15) is 0 Å². The third-order valence-electron chi connectivity index (χ3n) is 6.17. The van der Waals surface area contributed by atoms with Gasteiger partial charge in [0.25, 0.3) is 0 Å². The molecule has 0 amide bonds. The van der Waals surface area contributed by atoms with E-state index in [0.29, 0.717) is 5.71 Å². The fourth-order valence-corrected chi connectivity index (χ4v) is 4.17. The van der Waals surface area contributed by atoms with Gasteiger partial charge in [-0.1, -0.05) is 73.6 Å². The molecule has 1 radical (unpaired) electrons. The van der Waals surface area contributed by atoms with E-state index in [1.54, 1.807) is 0 Å². The van der Waals surface area contributed by atoms with E-state index in [-0.39, 0.29) is 42.5 Å². The number of aliphatic hydroxyl groups is 1. The third-order valence-corrected chi connectivity index (χ3v) is 6.17. The van der Waals surface area contributed by atoms with Crippen molar-refractivity contribution in [3.05, 3.63) is 88.7 Å². The molecule has 0 bridgehead atoms. The van der Waals surface area contributed by atoms with Crippen LogP contribution >= 0.6 is 0 Å². The molecular formula is C34H40IrNO3-. The summed E-state index contributed by atoms with van der Waals surface area (Å²) in [6.07, 6.45) is 1.17. The monoisotopic (exact) mass is 703 g/mol. The largest absolute Gasteiger partial charge is 0.512 e. The van der Waals surface area contributed by atoms with Gasteiger partial charge in [0.05, 0.1) is 5.76 Å². The SMILES string of the molecule is CC(=O)/C=C(/C)O.Cc1[c-]c(-c2ccc3cc(-c4cc(C(C)(C)C)cc(C(C)(C)C)c4)oc3n2)cc(C)c1.[Ir]. The minimum Gasteiger partial charge on any atom is -0.512 e. The summed E-state index contributed by atoms with van der Waals surface area (Å²) in [7, 11) is 0.